The second kappa shape index (κ2) is 12.5. The van der Waals surface area contributed by atoms with Gasteiger partial charge in [-0.15, -0.1) is 0 Å². The average Bonchev–Trinajstić information content (AvgIpc) is 3.63. The van der Waals surface area contributed by atoms with Crippen molar-refractivity contribution >= 4 is 56.3 Å². The van der Waals surface area contributed by atoms with Crippen LogP contribution in [-0.2, 0) is 29.0 Å². The lowest BCUT2D eigenvalue weighted by molar-refractivity contribution is -0.138. The maximum Gasteiger partial charge on any atom is 0.303 e. The summed E-state index contributed by atoms with van der Waals surface area (Å²) >= 11 is 0. The largest absolute Gasteiger partial charge is 0.481 e. The fourth-order valence-electron chi connectivity index (χ4n) is 6.34. The van der Waals surface area contributed by atoms with Crippen LogP contribution in [0, 0.1) is 13.8 Å². The van der Waals surface area contributed by atoms with Crippen molar-refractivity contribution in [2.75, 3.05) is 6.61 Å². The molecule has 0 atom stereocenters. The minimum absolute atomic E-state index is 0.0532. The van der Waals surface area contributed by atoms with Gasteiger partial charge in [0.1, 0.15) is 0 Å². The highest BCUT2D eigenvalue weighted by molar-refractivity contribution is 5.99. The summed E-state index contributed by atoms with van der Waals surface area (Å²) in [6, 6.07) is 7.84. The number of carboxylic acid groups (broad SMARTS) is 2. The molecular formula is C36H38N4O5. The van der Waals surface area contributed by atoms with E-state index in [1.54, 1.807) is 12.2 Å². The number of aliphatic carboxylic acids is 2. The molecule has 0 spiro atoms. The summed E-state index contributed by atoms with van der Waals surface area (Å²) in [6.07, 6.45) is 4.03. The van der Waals surface area contributed by atoms with Gasteiger partial charge in [-0.2, -0.15) is 0 Å². The predicted octanol–water partition coefficient (Wildman–Crippen LogP) is 6.67. The van der Waals surface area contributed by atoms with Crippen LogP contribution >= 0.6 is 0 Å². The molecule has 5 rings (SSSR count). The number of aliphatic hydroxyl groups excluding tert-OH is 1. The third-order valence-electron chi connectivity index (χ3n) is 8.81. The molecule has 0 radical (unpaired) electrons. The Hall–Kier alpha value is -5.02. The Morgan fingerprint density at radius 2 is 1.31 bits per heavy atom. The minimum atomic E-state index is -0.910. The van der Waals surface area contributed by atoms with Crippen LogP contribution in [0.5, 0.6) is 0 Å². The van der Waals surface area contributed by atoms with E-state index in [0.717, 1.165) is 83.7 Å². The van der Waals surface area contributed by atoms with Crippen molar-refractivity contribution < 1.29 is 24.9 Å². The van der Waals surface area contributed by atoms with Gasteiger partial charge in [-0.3, -0.25) is 9.59 Å². The van der Waals surface area contributed by atoms with E-state index in [-0.39, 0.29) is 32.4 Å². The van der Waals surface area contributed by atoms with Gasteiger partial charge in [0.25, 0.3) is 0 Å². The van der Waals surface area contributed by atoms with E-state index in [1.807, 2.05) is 56.5 Å². The first kappa shape index (κ1) is 31.4. The molecule has 0 amide bonds. The Bertz CT molecular complexity index is 2000. The first-order valence-corrected chi connectivity index (χ1v) is 14.9. The number of aryl methyl sites for hydroxylation is 4. The molecular weight excluding hydrogens is 568 g/mol. The summed E-state index contributed by atoms with van der Waals surface area (Å²) in [4.78, 5) is 36.8. The summed E-state index contributed by atoms with van der Waals surface area (Å²) in [6.45, 7) is 16.1. The van der Waals surface area contributed by atoms with Gasteiger partial charge in [-0.1, -0.05) is 25.3 Å². The second-order valence-corrected chi connectivity index (χ2v) is 11.4. The monoisotopic (exact) mass is 606 g/mol. The molecule has 0 aliphatic carbocycles. The third-order valence-corrected chi connectivity index (χ3v) is 8.81. The number of aromatic nitrogens is 4. The molecule has 0 aromatic carbocycles. The molecule has 2 aliphatic rings. The van der Waals surface area contributed by atoms with Crippen molar-refractivity contribution in [3.63, 3.8) is 0 Å². The maximum atomic E-state index is 11.7. The molecule has 9 heteroatoms. The van der Waals surface area contributed by atoms with E-state index >= 15 is 0 Å². The lowest BCUT2D eigenvalue weighted by Crippen LogP contribution is -2.02. The molecule has 2 aliphatic heterocycles. The Morgan fingerprint density at radius 1 is 0.756 bits per heavy atom. The fraction of sp³-hybridized carbons (Fsp3) is 0.278. The van der Waals surface area contributed by atoms with Crippen molar-refractivity contribution in [3.05, 3.63) is 94.6 Å². The van der Waals surface area contributed by atoms with Crippen LogP contribution in [0.25, 0.3) is 44.4 Å². The summed E-state index contributed by atoms with van der Waals surface area (Å²) < 4.78 is 1.99. The van der Waals surface area contributed by atoms with Gasteiger partial charge in [0.15, 0.2) is 0 Å². The molecule has 3 aromatic heterocycles. The molecule has 0 unspecified atom stereocenters. The topological polar surface area (TPSA) is 141 Å². The number of nitrogens with one attached hydrogen (secondary N) is 1. The zero-order chi connectivity index (χ0) is 32.6. The number of carboxylic acids is 2. The average molecular weight is 607 g/mol. The number of aromatic amines is 1. The van der Waals surface area contributed by atoms with E-state index in [4.69, 9.17) is 9.97 Å². The first-order valence-electron chi connectivity index (χ1n) is 14.9. The highest BCUT2D eigenvalue weighted by Gasteiger charge is 2.21. The van der Waals surface area contributed by atoms with Crippen LogP contribution in [0.3, 0.4) is 0 Å². The number of aliphatic hydroxyl groups is 1. The van der Waals surface area contributed by atoms with Crippen molar-refractivity contribution in [2.24, 2.45) is 0 Å². The van der Waals surface area contributed by atoms with E-state index in [0.29, 0.717) is 12.1 Å². The number of rotatable bonds is 10. The van der Waals surface area contributed by atoms with E-state index in [2.05, 4.69) is 18.1 Å². The van der Waals surface area contributed by atoms with Crippen LogP contribution in [-0.4, -0.2) is 53.4 Å². The predicted molar refractivity (Wildman–Crippen MR) is 178 cm³/mol. The minimum Gasteiger partial charge on any atom is -0.481 e. The van der Waals surface area contributed by atoms with Crippen LogP contribution in [0.2, 0.25) is 0 Å². The van der Waals surface area contributed by atoms with E-state index in [9.17, 15) is 24.9 Å². The number of allylic oxidation sites excluding steroid dienone is 6. The number of hydrogen-bond donors (Lipinski definition) is 4. The van der Waals surface area contributed by atoms with Crippen molar-refractivity contribution in [1.82, 2.24) is 19.5 Å². The smallest absolute Gasteiger partial charge is 0.303 e. The molecule has 0 saturated heterocycles. The molecule has 4 N–H and O–H groups in total. The number of hydrogen-bond acceptors (Lipinski definition) is 5. The standard InChI is InChI=1S/C36H38N4O5/c1-7-23-19(3)27-15-28-21(5)25(9-11-35(42)43)32(39-28)18-34-26(10-12-36(44)45)22(6)33(40(34)13-14-41)17-31-24(8-2)20(4)29(38-31)16-30(23)37-27/h7-8,15-18,39,41H,1-2,9-14H2,3-6H3,(H,42,43)(H,44,45). The zero-order valence-corrected chi connectivity index (χ0v) is 26.1. The normalized spacial score (nSPS) is 13.0. The molecule has 0 saturated carbocycles. The Morgan fingerprint density at radius 3 is 1.87 bits per heavy atom. The van der Waals surface area contributed by atoms with Crippen molar-refractivity contribution in [3.8, 4) is 0 Å². The fourth-order valence-corrected chi connectivity index (χ4v) is 6.34. The molecule has 232 valence electrons. The summed E-state index contributed by atoms with van der Waals surface area (Å²) in [5.74, 6) is -1.81. The molecule has 45 heavy (non-hydrogen) atoms. The summed E-state index contributed by atoms with van der Waals surface area (Å²) in [5, 5.41) is 29.3. The Kier molecular flexibility index (Phi) is 8.75. The Labute approximate surface area is 261 Å². The number of fused-ring (bicyclic) bond motifs is 8. The maximum absolute atomic E-state index is 11.7. The van der Waals surface area contributed by atoms with E-state index in [1.165, 1.54) is 0 Å². The van der Waals surface area contributed by atoms with Gasteiger partial charge in [-0.25, -0.2) is 9.97 Å². The highest BCUT2D eigenvalue weighted by atomic mass is 16.4. The number of nitrogens with zero attached hydrogens (tertiary/aromatic N) is 3. The zero-order valence-electron chi connectivity index (χ0n) is 26.1. The van der Waals surface area contributed by atoms with Gasteiger partial charge in [0.2, 0.25) is 0 Å². The van der Waals surface area contributed by atoms with Gasteiger partial charge < -0.3 is 24.9 Å². The van der Waals surface area contributed by atoms with Crippen LogP contribution in [0.1, 0.15) is 71.7 Å². The van der Waals surface area contributed by atoms with Crippen LogP contribution < -0.4 is 0 Å². The molecule has 0 fully saturated rings. The second-order valence-electron chi connectivity index (χ2n) is 11.4. The van der Waals surface area contributed by atoms with Crippen molar-refractivity contribution in [2.45, 2.75) is 59.9 Å². The lowest BCUT2D eigenvalue weighted by atomic mass is 10.0. The van der Waals surface area contributed by atoms with E-state index < -0.39 is 11.9 Å². The molecule has 5 heterocycles. The summed E-state index contributed by atoms with van der Waals surface area (Å²) in [5.41, 5.74) is 13.2. The van der Waals surface area contributed by atoms with Gasteiger partial charge >= 0.3 is 11.9 Å². The van der Waals surface area contributed by atoms with Crippen molar-refractivity contribution in [1.29, 1.82) is 0 Å². The summed E-state index contributed by atoms with van der Waals surface area (Å²) in [7, 11) is 0. The number of H-pyrrole nitrogens is 1. The molecule has 8 bridgehead atoms. The Balaban J connectivity index is 2.03. The lowest BCUT2D eigenvalue weighted by Gasteiger charge is -2.06. The molecule has 9 nitrogen and oxygen atoms in total. The van der Waals surface area contributed by atoms with Gasteiger partial charge in [-0.05, 0) is 98.2 Å². The third kappa shape index (κ3) is 5.79. The van der Waals surface area contributed by atoms with Crippen LogP contribution in [0.15, 0.2) is 49.6 Å². The quantitative estimate of drug-likeness (QED) is 0.202. The number of carbonyl (C=O) groups is 2. The highest BCUT2D eigenvalue weighted by Crippen LogP contribution is 2.36. The first-order chi connectivity index (χ1) is 21.5. The van der Waals surface area contributed by atoms with Crippen LogP contribution in [0.4, 0.5) is 0 Å². The van der Waals surface area contributed by atoms with Gasteiger partial charge in [0.05, 0.1) is 29.4 Å². The molecule has 3 aromatic rings. The van der Waals surface area contributed by atoms with Gasteiger partial charge in [0, 0.05) is 52.6 Å². The SMILES string of the molecule is C=CC1=C(C)c2cc3[nH]c(cc4c(CCC(=O)O)c(C)c(cc5nc(cc1n2)C(C)=C5C=C)n4CCO)c(CCC(=O)O)c3C.